The molecule has 4 nitrogen and oxygen atoms in total. The van der Waals surface area contributed by atoms with E-state index in [9.17, 15) is 9.18 Å². The maximum Gasteiger partial charge on any atom is 0.312 e. The number of rotatable bonds is 1. The van der Waals surface area contributed by atoms with Gasteiger partial charge in [0.05, 0.1) is 24.8 Å². The molecule has 0 spiro atoms. The van der Waals surface area contributed by atoms with Gasteiger partial charge < -0.3 is 14.5 Å². The molecule has 110 valence electrons. The lowest BCUT2D eigenvalue weighted by atomic mass is 9.81. The molecule has 1 N–H and O–H groups in total. The van der Waals surface area contributed by atoms with Gasteiger partial charge in [-0.25, -0.2) is 4.39 Å². The van der Waals surface area contributed by atoms with Crippen LogP contribution in [0.1, 0.15) is 24.6 Å². The van der Waals surface area contributed by atoms with E-state index in [1.54, 1.807) is 12.1 Å². The second-order valence-corrected chi connectivity index (χ2v) is 5.88. The standard InChI is InChI=1S/C16H16FNO3/c1-16(12-5-6-20-15(12)19)14-10(4-7-21-16)11-8-9(17)2-3-13(11)18-14/h2-3,8,12,18H,4-7H2,1H3. The van der Waals surface area contributed by atoms with Crippen molar-refractivity contribution in [3.8, 4) is 0 Å². The molecule has 0 radical (unpaired) electrons. The van der Waals surface area contributed by atoms with Gasteiger partial charge in [-0.2, -0.15) is 0 Å². The van der Waals surface area contributed by atoms with Crippen molar-refractivity contribution in [2.75, 3.05) is 13.2 Å². The summed E-state index contributed by atoms with van der Waals surface area (Å²) in [4.78, 5) is 15.3. The summed E-state index contributed by atoms with van der Waals surface area (Å²) >= 11 is 0. The fraction of sp³-hybridized carbons (Fsp3) is 0.438. The number of benzene rings is 1. The predicted octanol–water partition coefficient (Wildman–Crippen LogP) is 2.66. The highest BCUT2D eigenvalue weighted by Crippen LogP contribution is 2.44. The Bertz CT molecular complexity index is 738. The molecule has 4 rings (SSSR count). The lowest BCUT2D eigenvalue weighted by Crippen LogP contribution is -2.41. The van der Waals surface area contributed by atoms with Gasteiger partial charge in [0.15, 0.2) is 0 Å². The summed E-state index contributed by atoms with van der Waals surface area (Å²) in [5, 5.41) is 0.880. The van der Waals surface area contributed by atoms with E-state index in [0.717, 1.165) is 28.6 Å². The largest absolute Gasteiger partial charge is 0.465 e. The number of aromatic nitrogens is 1. The smallest absolute Gasteiger partial charge is 0.312 e. The first kappa shape index (κ1) is 12.8. The van der Waals surface area contributed by atoms with Crippen LogP contribution in [-0.2, 0) is 26.3 Å². The van der Waals surface area contributed by atoms with Gasteiger partial charge in [0.2, 0.25) is 0 Å². The molecule has 2 aromatic rings. The van der Waals surface area contributed by atoms with Crippen LogP contribution in [0.2, 0.25) is 0 Å². The SMILES string of the molecule is CC1(C2CCOC2=O)OCCc2c1[nH]c1ccc(F)cc21. The van der Waals surface area contributed by atoms with Gasteiger partial charge in [0, 0.05) is 10.9 Å². The number of hydrogen-bond acceptors (Lipinski definition) is 3. The van der Waals surface area contributed by atoms with Gasteiger partial charge in [-0.05, 0) is 43.5 Å². The van der Waals surface area contributed by atoms with Crippen LogP contribution in [0.15, 0.2) is 18.2 Å². The zero-order chi connectivity index (χ0) is 14.6. The molecular formula is C16H16FNO3. The van der Waals surface area contributed by atoms with Gasteiger partial charge in [0.25, 0.3) is 0 Å². The minimum Gasteiger partial charge on any atom is -0.465 e. The number of carbonyl (C=O) groups excluding carboxylic acids is 1. The Hall–Kier alpha value is -1.88. The molecule has 1 saturated heterocycles. The number of esters is 1. The van der Waals surface area contributed by atoms with Crippen molar-refractivity contribution in [3.05, 3.63) is 35.3 Å². The van der Waals surface area contributed by atoms with Gasteiger partial charge in [-0.15, -0.1) is 0 Å². The lowest BCUT2D eigenvalue weighted by molar-refractivity contribution is -0.154. The summed E-state index contributed by atoms with van der Waals surface area (Å²) in [7, 11) is 0. The first-order chi connectivity index (χ1) is 10.1. The van der Waals surface area contributed by atoms with E-state index in [4.69, 9.17) is 9.47 Å². The molecule has 0 saturated carbocycles. The maximum atomic E-state index is 13.5. The molecule has 5 heteroatoms. The summed E-state index contributed by atoms with van der Waals surface area (Å²) in [6.07, 6.45) is 1.37. The molecule has 21 heavy (non-hydrogen) atoms. The first-order valence-electron chi connectivity index (χ1n) is 7.21. The van der Waals surface area contributed by atoms with Crippen molar-refractivity contribution < 1.29 is 18.7 Å². The number of H-pyrrole nitrogens is 1. The zero-order valence-electron chi connectivity index (χ0n) is 11.7. The minimum atomic E-state index is -0.726. The van der Waals surface area contributed by atoms with E-state index in [-0.39, 0.29) is 17.7 Å². The van der Waals surface area contributed by atoms with Crippen molar-refractivity contribution in [2.24, 2.45) is 5.92 Å². The molecule has 2 unspecified atom stereocenters. The van der Waals surface area contributed by atoms with E-state index < -0.39 is 5.60 Å². The molecule has 1 fully saturated rings. The van der Waals surface area contributed by atoms with Crippen molar-refractivity contribution in [3.63, 3.8) is 0 Å². The Balaban J connectivity index is 1.91. The monoisotopic (exact) mass is 289 g/mol. The number of ether oxygens (including phenoxy) is 2. The number of aromatic amines is 1. The second kappa shape index (κ2) is 4.31. The number of halogens is 1. The Morgan fingerprint density at radius 2 is 2.24 bits per heavy atom. The molecule has 1 aromatic carbocycles. The summed E-state index contributed by atoms with van der Waals surface area (Å²) in [5.74, 6) is -0.776. The van der Waals surface area contributed by atoms with Crippen LogP contribution in [0.3, 0.4) is 0 Å². The topological polar surface area (TPSA) is 51.3 Å². The fourth-order valence-electron chi connectivity index (χ4n) is 3.61. The molecule has 0 amide bonds. The average Bonchev–Trinajstić information content (AvgIpc) is 3.04. The Morgan fingerprint density at radius 1 is 1.38 bits per heavy atom. The predicted molar refractivity (Wildman–Crippen MR) is 74.3 cm³/mol. The number of cyclic esters (lactones) is 1. The van der Waals surface area contributed by atoms with Crippen LogP contribution >= 0.6 is 0 Å². The third-order valence-corrected chi connectivity index (χ3v) is 4.72. The molecule has 0 aliphatic carbocycles. The maximum absolute atomic E-state index is 13.5. The van der Waals surface area contributed by atoms with Crippen molar-refractivity contribution in [1.82, 2.24) is 4.98 Å². The van der Waals surface area contributed by atoms with E-state index in [2.05, 4.69) is 4.98 Å². The van der Waals surface area contributed by atoms with E-state index >= 15 is 0 Å². The molecule has 3 heterocycles. The summed E-state index contributed by atoms with van der Waals surface area (Å²) in [6, 6.07) is 4.71. The Kier molecular flexibility index (Phi) is 2.63. The molecule has 1 aromatic heterocycles. The number of hydrogen-bond donors (Lipinski definition) is 1. The molecular weight excluding hydrogens is 273 g/mol. The summed E-state index contributed by atoms with van der Waals surface area (Å²) < 4.78 is 24.6. The van der Waals surface area contributed by atoms with Crippen LogP contribution < -0.4 is 0 Å². The highest BCUT2D eigenvalue weighted by molar-refractivity contribution is 5.86. The molecule has 2 atom stereocenters. The van der Waals surface area contributed by atoms with Crippen LogP contribution in [0, 0.1) is 11.7 Å². The highest BCUT2D eigenvalue weighted by Gasteiger charge is 2.49. The molecule has 0 bridgehead atoms. The number of fused-ring (bicyclic) bond motifs is 3. The van der Waals surface area contributed by atoms with Crippen LogP contribution in [-0.4, -0.2) is 24.2 Å². The van der Waals surface area contributed by atoms with Crippen molar-refractivity contribution in [2.45, 2.75) is 25.4 Å². The first-order valence-corrected chi connectivity index (χ1v) is 7.21. The Labute approximate surface area is 121 Å². The molecule has 2 aliphatic rings. The van der Waals surface area contributed by atoms with Crippen molar-refractivity contribution >= 4 is 16.9 Å². The average molecular weight is 289 g/mol. The fourth-order valence-corrected chi connectivity index (χ4v) is 3.61. The summed E-state index contributed by atoms with van der Waals surface area (Å²) in [6.45, 7) is 2.89. The summed E-state index contributed by atoms with van der Waals surface area (Å²) in [5.41, 5.74) is 2.09. The van der Waals surface area contributed by atoms with E-state index in [1.807, 2.05) is 6.92 Å². The highest BCUT2D eigenvalue weighted by atomic mass is 19.1. The molecule has 2 aliphatic heterocycles. The second-order valence-electron chi connectivity index (χ2n) is 5.88. The quantitative estimate of drug-likeness (QED) is 0.821. The van der Waals surface area contributed by atoms with E-state index in [0.29, 0.717) is 19.6 Å². The van der Waals surface area contributed by atoms with Crippen LogP contribution in [0.4, 0.5) is 4.39 Å². The van der Waals surface area contributed by atoms with Gasteiger partial charge >= 0.3 is 5.97 Å². The number of carbonyl (C=O) groups is 1. The van der Waals surface area contributed by atoms with Crippen LogP contribution in [0.5, 0.6) is 0 Å². The Morgan fingerprint density at radius 3 is 3.00 bits per heavy atom. The third-order valence-electron chi connectivity index (χ3n) is 4.72. The van der Waals surface area contributed by atoms with Gasteiger partial charge in [-0.3, -0.25) is 4.79 Å². The van der Waals surface area contributed by atoms with E-state index in [1.165, 1.54) is 6.07 Å². The number of nitrogens with one attached hydrogen (secondary N) is 1. The van der Waals surface area contributed by atoms with Crippen molar-refractivity contribution in [1.29, 1.82) is 0 Å². The third kappa shape index (κ3) is 1.73. The zero-order valence-corrected chi connectivity index (χ0v) is 11.7. The van der Waals surface area contributed by atoms with Gasteiger partial charge in [0.1, 0.15) is 11.4 Å². The lowest BCUT2D eigenvalue weighted by Gasteiger charge is -2.37. The van der Waals surface area contributed by atoms with Crippen LogP contribution in [0.25, 0.3) is 10.9 Å². The minimum absolute atomic E-state index is 0.213. The normalized spacial score (nSPS) is 28.7. The van der Waals surface area contributed by atoms with Gasteiger partial charge in [-0.1, -0.05) is 0 Å².